The molecular weight excluding hydrogens is 622 g/mol. The zero-order chi connectivity index (χ0) is 31.6. The highest BCUT2D eigenvalue weighted by molar-refractivity contribution is 7.89. The maximum atomic E-state index is 13.6. The molecule has 5 rings (SSSR count). The van der Waals surface area contributed by atoms with Gasteiger partial charge < -0.3 is 0 Å². The van der Waals surface area contributed by atoms with Gasteiger partial charge in [0, 0.05) is 34.6 Å². The van der Waals surface area contributed by atoms with Gasteiger partial charge in [-0.15, -0.1) is 11.3 Å². The van der Waals surface area contributed by atoms with E-state index in [0.717, 1.165) is 28.8 Å². The zero-order valence-electron chi connectivity index (χ0n) is 25.2. The molecule has 45 heavy (non-hydrogen) atoms. The third-order valence-electron chi connectivity index (χ3n) is 7.52. The lowest BCUT2D eigenvalue weighted by Gasteiger charge is -2.23. The van der Waals surface area contributed by atoms with E-state index in [1.54, 1.807) is 36.4 Å². The van der Waals surface area contributed by atoms with Gasteiger partial charge in [-0.25, -0.2) is 13.4 Å². The third-order valence-corrected chi connectivity index (χ3v) is 10.3. The number of benzene rings is 4. The van der Waals surface area contributed by atoms with Crippen LogP contribution < -0.4 is 5.32 Å². The van der Waals surface area contributed by atoms with Crippen LogP contribution in [0.5, 0.6) is 0 Å². The van der Waals surface area contributed by atoms with E-state index in [1.165, 1.54) is 59.0 Å². The van der Waals surface area contributed by atoms with E-state index in [2.05, 4.69) is 41.5 Å². The number of rotatable bonds is 14. The molecule has 6 nitrogen and oxygen atoms in total. The minimum atomic E-state index is -3.82. The van der Waals surface area contributed by atoms with E-state index in [9.17, 15) is 13.2 Å². The lowest BCUT2D eigenvalue weighted by atomic mass is 10.0. The first-order valence-corrected chi connectivity index (χ1v) is 17.8. The second-order valence-electron chi connectivity index (χ2n) is 10.9. The van der Waals surface area contributed by atoms with Crippen LogP contribution in [0.25, 0.3) is 11.3 Å². The minimum Gasteiger partial charge on any atom is -0.298 e. The molecule has 232 valence electrons. The molecule has 0 unspecified atom stereocenters. The molecule has 0 saturated carbocycles. The van der Waals surface area contributed by atoms with Crippen LogP contribution in [0, 0.1) is 0 Å². The average molecular weight is 658 g/mol. The summed E-state index contributed by atoms with van der Waals surface area (Å²) in [6.45, 7) is 2.55. The minimum absolute atomic E-state index is 0.134. The molecule has 0 aliphatic heterocycles. The predicted molar refractivity (Wildman–Crippen MR) is 184 cm³/mol. The van der Waals surface area contributed by atoms with Gasteiger partial charge in [0.25, 0.3) is 5.91 Å². The summed E-state index contributed by atoms with van der Waals surface area (Å²) in [7, 11) is -3.82. The lowest BCUT2D eigenvalue weighted by molar-refractivity contribution is 0.102. The van der Waals surface area contributed by atoms with Gasteiger partial charge in [-0.2, -0.15) is 4.31 Å². The predicted octanol–water partition coefficient (Wildman–Crippen LogP) is 9.23. The monoisotopic (exact) mass is 657 g/mol. The molecule has 0 aliphatic rings. The van der Waals surface area contributed by atoms with Gasteiger partial charge in [-0.1, -0.05) is 105 Å². The van der Waals surface area contributed by atoms with E-state index < -0.39 is 10.0 Å². The number of nitrogens with one attached hydrogen (secondary N) is 1. The number of amides is 1. The number of hydrogen-bond donors (Lipinski definition) is 1. The van der Waals surface area contributed by atoms with Crippen LogP contribution in [0.1, 0.15) is 59.7 Å². The maximum Gasteiger partial charge on any atom is 0.257 e. The van der Waals surface area contributed by atoms with Crippen molar-refractivity contribution in [2.75, 3.05) is 5.32 Å². The van der Waals surface area contributed by atoms with E-state index in [0.29, 0.717) is 15.7 Å². The summed E-state index contributed by atoms with van der Waals surface area (Å²) in [5, 5.41) is 5.82. The summed E-state index contributed by atoms with van der Waals surface area (Å²) < 4.78 is 28.7. The number of aryl methyl sites for hydroxylation is 1. The molecule has 0 aliphatic carbocycles. The molecular formula is C36H36ClN3O3S2. The number of unbranched alkanes of at least 4 members (excludes halogenated alkanes) is 3. The lowest BCUT2D eigenvalue weighted by Crippen LogP contribution is -2.30. The van der Waals surface area contributed by atoms with E-state index in [1.807, 2.05) is 35.7 Å². The molecule has 0 fully saturated rings. The van der Waals surface area contributed by atoms with Gasteiger partial charge in [0.15, 0.2) is 5.13 Å². The van der Waals surface area contributed by atoms with Gasteiger partial charge in [-0.3, -0.25) is 10.1 Å². The van der Waals surface area contributed by atoms with Crippen molar-refractivity contribution in [2.45, 2.75) is 57.0 Å². The normalized spacial score (nSPS) is 11.5. The van der Waals surface area contributed by atoms with Gasteiger partial charge >= 0.3 is 0 Å². The van der Waals surface area contributed by atoms with Crippen molar-refractivity contribution in [3.63, 3.8) is 0 Å². The number of halogens is 1. The summed E-state index contributed by atoms with van der Waals surface area (Å²) in [5.74, 6) is -0.278. The number of nitrogens with zero attached hydrogens (tertiary/aromatic N) is 2. The Morgan fingerprint density at radius 1 is 0.800 bits per heavy atom. The standard InChI is InChI=1S/C36H36ClN3O3S2/c1-2-3-4-6-9-27-12-16-30(17-13-27)34-26-44-36(38-34)39-35(41)31-18-14-29(15-19-31)25-40(24-28-10-7-5-8-11-28)45(42,43)33-22-20-32(37)21-23-33/h5,7-8,10-23,26H,2-4,6,9,24-25H2,1H3,(H,38,39,41). The van der Waals surface area contributed by atoms with E-state index >= 15 is 0 Å². The van der Waals surface area contributed by atoms with Gasteiger partial charge in [0.2, 0.25) is 10.0 Å². The molecule has 4 aromatic carbocycles. The fraction of sp³-hybridized carbons (Fsp3) is 0.222. The number of anilines is 1. The van der Waals surface area contributed by atoms with Gasteiger partial charge in [0.1, 0.15) is 0 Å². The first-order chi connectivity index (χ1) is 21.8. The van der Waals surface area contributed by atoms with Crippen molar-refractivity contribution in [1.82, 2.24) is 9.29 Å². The Labute approximate surface area is 274 Å². The van der Waals surface area contributed by atoms with Crippen molar-refractivity contribution in [2.24, 2.45) is 0 Å². The Hall–Kier alpha value is -3.82. The van der Waals surface area contributed by atoms with Crippen molar-refractivity contribution < 1.29 is 13.2 Å². The number of hydrogen-bond acceptors (Lipinski definition) is 5. The SMILES string of the molecule is CCCCCCc1ccc(-c2csc(NC(=O)c3ccc(CN(Cc4ccccc4)S(=O)(=O)c4ccc(Cl)cc4)cc3)n2)cc1. The molecule has 0 saturated heterocycles. The Balaban J connectivity index is 1.24. The first kappa shape index (κ1) is 32.6. The highest BCUT2D eigenvalue weighted by Crippen LogP contribution is 2.27. The number of aromatic nitrogens is 1. The molecule has 1 N–H and O–H groups in total. The van der Waals surface area contributed by atoms with Crippen molar-refractivity contribution >= 4 is 44.0 Å². The molecule has 0 atom stereocenters. The Morgan fingerprint density at radius 3 is 2.11 bits per heavy atom. The van der Waals surface area contributed by atoms with Crippen molar-refractivity contribution in [1.29, 1.82) is 0 Å². The highest BCUT2D eigenvalue weighted by atomic mass is 35.5. The fourth-order valence-corrected chi connectivity index (χ4v) is 7.22. The van der Waals surface area contributed by atoms with Gasteiger partial charge in [-0.05, 0) is 65.9 Å². The third kappa shape index (κ3) is 8.89. The topological polar surface area (TPSA) is 79.4 Å². The van der Waals surface area contributed by atoms with Crippen LogP contribution in [0.3, 0.4) is 0 Å². The number of carbonyl (C=O) groups excluding carboxylic acids is 1. The highest BCUT2D eigenvalue weighted by Gasteiger charge is 2.25. The van der Waals surface area contributed by atoms with Crippen molar-refractivity contribution in [3.05, 3.63) is 136 Å². The van der Waals surface area contributed by atoms with Crippen LogP contribution in [0.15, 0.2) is 113 Å². The molecule has 0 radical (unpaired) electrons. The Morgan fingerprint density at radius 2 is 1.44 bits per heavy atom. The average Bonchev–Trinajstić information content (AvgIpc) is 3.52. The van der Waals surface area contributed by atoms with E-state index in [4.69, 9.17) is 11.6 Å². The first-order valence-electron chi connectivity index (χ1n) is 15.1. The second-order valence-corrected chi connectivity index (χ2v) is 14.1. The molecule has 5 aromatic rings. The van der Waals surface area contributed by atoms with Crippen LogP contribution >= 0.6 is 22.9 Å². The van der Waals surface area contributed by atoms with Gasteiger partial charge in [0.05, 0.1) is 10.6 Å². The smallest absolute Gasteiger partial charge is 0.257 e. The molecule has 1 aromatic heterocycles. The second kappa shape index (κ2) is 15.5. The Kier molecular flexibility index (Phi) is 11.2. The number of carbonyl (C=O) groups is 1. The summed E-state index contributed by atoms with van der Waals surface area (Å²) >= 11 is 7.38. The Bertz CT molecular complexity index is 1790. The molecule has 0 spiro atoms. The van der Waals surface area contributed by atoms with E-state index in [-0.39, 0.29) is 23.9 Å². The molecule has 1 heterocycles. The maximum absolute atomic E-state index is 13.6. The van der Waals surface area contributed by atoms with Crippen molar-refractivity contribution in [3.8, 4) is 11.3 Å². The molecule has 9 heteroatoms. The zero-order valence-corrected chi connectivity index (χ0v) is 27.5. The quantitative estimate of drug-likeness (QED) is 0.121. The summed E-state index contributed by atoms with van der Waals surface area (Å²) in [5.41, 5.74) is 5.24. The summed E-state index contributed by atoms with van der Waals surface area (Å²) in [4.78, 5) is 17.8. The fourth-order valence-electron chi connectivity index (χ4n) is 4.96. The molecule has 1 amide bonds. The van der Waals surface area contributed by atoms with Crippen LogP contribution in [0.2, 0.25) is 5.02 Å². The summed E-state index contributed by atoms with van der Waals surface area (Å²) in [6.07, 6.45) is 6.06. The molecule has 0 bridgehead atoms. The van der Waals surface area contributed by atoms with Crippen LogP contribution in [-0.2, 0) is 29.5 Å². The summed E-state index contributed by atoms with van der Waals surface area (Å²) in [6, 6.07) is 31.1. The number of sulfonamides is 1. The largest absolute Gasteiger partial charge is 0.298 e. The number of thiazole rings is 1. The van der Waals surface area contributed by atoms with Crippen LogP contribution in [0.4, 0.5) is 5.13 Å². The van der Waals surface area contributed by atoms with Crippen LogP contribution in [-0.4, -0.2) is 23.6 Å².